The van der Waals surface area contributed by atoms with Crippen LogP contribution >= 0.6 is 0 Å². The standard InChI is InChI=1S/C19H22N4/c1-16-9-11-22(19-18(14-20)8-5-10-21-19)12-13-23(16)15-17-6-3-2-4-7-17/h2-8,10,16H,9,11-13,15H2,1H3. The highest BCUT2D eigenvalue weighted by Gasteiger charge is 2.22. The predicted molar refractivity (Wildman–Crippen MR) is 92.1 cm³/mol. The minimum Gasteiger partial charge on any atom is -0.354 e. The van der Waals surface area contributed by atoms with Crippen LogP contribution in [0, 0.1) is 11.3 Å². The van der Waals surface area contributed by atoms with Crippen LogP contribution < -0.4 is 4.90 Å². The molecule has 2 aromatic rings. The molecule has 0 saturated carbocycles. The Labute approximate surface area is 138 Å². The first-order chi connectivity index (χ1) is 11.3. The topological polar surface area (TPSA) is 43.2 Å². The molecule has 0 spiro atoms. The summed E-state index contributed by atoms with van der Waals surface area (Å²) < 4.78 is 0. The Morgan fingerprint density at radius 2 is 1.96 bits per heavy atom. The number of hydrogen-bond donors (Lipinski definition) is 0. The molecule has 0 bridgehead atoms. The van der Waals surface area contributed by atoms with Crippen molar-refractivity contribution < 1.29 is 0 Å². The molecule has 3 rings (SSSR count). The molecular formula is C19H22N4. The number of pyridine rings is 1. The molecule has 23 heavy (non-hydrogen) atoms. The van der Waals surface area contributed by atoms with E-state index in [0.717, 1.165) is 38.4 Å². The monoisotopic (exact) mass is 306 g/mol. The summed E-state index contributed by atoms with van der Waals surface area (Å²) in [6, 6.07) is 17.1. The summed E-state index contributed by atoms with van der Waals surface area (Å²) in [5.41, 5.74) is 2.01. The molecule has 118 valence electrons. The van der Waals surface area contributed by atoms with Gasteiger partial charge >= 0.3 is 0 Å². The van der Waals surface area contributed by atoms with Gasteiger partial charge in [0.15, 0.2) is 0 Å². The maximum Gasteiger partial charge on any atom is 0.146 e. The van der Waals surface area contributed by atoms with Crippen molar-refractivity contribution in [1.82, 2.24) is 9.88 Å². The molecule has 1 fully saturated rings. The normalized spacial score (nSPS) is 19.1. The number of nitrogens with zero attached hydrogens (tertiary/aromatic N) is 4. The summed E-state index contributed by atoms with van der Waals surface area (Å²) in [5.74, 6) is 0.823. The second-order valence-corrected chi connectivity index (χ2v) is 6.07. The maximum atomic E-state index is 9.29. The summed E-state index contributed by atoms with van der Waals surface area (Å²) in [6.45, 7) is 6.09. The summed E-state index contributed by atoms with van der Waals surface area (Å²) in [7, 11) is 0. The van der Waals surface area contributed by atoms with Crippen LogP contribution in [0.15, 0.2) is 48.7 Å². The van der Waals surface area contributed by atoms with Crippen LogP contribution in [0.5, 0.6) is 0 Å². The lowest BCUT2D eigenvalue weighted by atomic mass is 10.1. The van der Waals surface area contributed by atoms with Gasteiger partial charge in [-0.15, -0.1) is 0 Å². The first-order valence-corrected chi connectivity index (χ1v) is 8.16. The Hall–Kier alpha value is -2.38. The van der Waals surface area contributed by atoms with Gasteiger partial charge in [-0.2, -0.15) is 5.26 Å². The third-order valence-corrected chi connectivity index (χ3v) is 4.53. The summed E-state index contributed by atoms with van der Waals surface area (Å²) >= 11 is 0. The van der Waals surface area contributed by atoms with Crippen molar-refractivity contribution in [1.29, 1.82) is 5.26 Å². The smallest absolute Gasteiger partial charge is 0.146 e. The van der Waals surface area contributed by atoms with E-state index in [9.17, 15) is 5.26 Å². The largest absolute Gasteiger partial charge is 0.354 e. The molecule has 1 atom stereocenters. The molecule has 1 unspecified atom stereocenters. The molecule has 1 aromatic heterocycles. The van der Waals surface area contributed by atoms with Crippen LogP contribution in [0.4, 0.5) is 5.82 Å². The first kappa shape index (κ1) is 15.5. The molecule has 2 heterocycles. The van der Waals surface area contributed by atoms with Crippen LogP contribution in [-0.2, 0) is 6.54 Å². The van der Waals surface area contributed by atoms with E-state index in [2.05, 4.69) is 58.1 Å². The quantitative estimate of drug-likeness (QED) is 0.874. The Balaban J connectivity index is 1.72. The molecule has 0 radical (unpaired) electrons. The van der Waals surface area contributed by atoms with Gasteiger partial charge < -0.3 is 4.90 Å². The average Bonchev–Trinajstić information content (AvgIpc) is 2.78. The molecule has 1 aromatic carbocycles. The molecule has 1 aliphatic heterocycles. The van der Waals surface area contributed by atoms with Crippen molar-refractivity contribution in [3.05, 3.63) is 59.8 Å². The van der Waals surface area contributed by atoms with Crippen molar-refractivity contribution in [3.8, 4) is 6.07 Å². The molecule has 4 nitrogen and oxygen atoms in total. The van der Waals surface area contributed by atoms with Crippen molar-refractivity contribution in [3.63, 3.8) is 0 Å². The Bertz CT molecular complexity index is 677. The van der Waals surface area contributed by atoms with Gasteiger partial charge in [0, 0.05) is 38.4 Å². The van der Waals surface area contributed by atoms with E-state index in [1.54, 1.807) is 6.20 Å². The van der Waals surface area contributed by atoms with Gasteiger partial charge in [-0.1, -0.05) is 30.3 Å². The van der Waals surface area contributed by atoms with E-state index in [-0.39, 0.29) is 0 Å². The fourth-order valence-corrected chi connectivity index (χ4v) is 3.11. The van der Waals surface area contributed by atoms with Crippen LogP contribution in [-0.4, -0.2) is 35.6 Å². The van der Waals surface area contributed by atoms with Crippen LogP contribution in [0.3, 0.4) is 0 Å². The number of benzene rings is 1. The fraction of sp³-hybridized carbons (Fsp3) is 0.368. The lowest BCUT2D eigenvalue weighted by molar-refractivity contribution is 0.212. The number of nitriles is 1. The highest BCUT2D eigenvalue weighted by Crippen LogP contribution is 2.21. The van der Waals surface area contributed by atoms with E-state index in [1.165, 1.54) is 5.56 Å². The number of aromatic nitrogens is 1. The van der Waals surface area contributed by atoms with Crippen LogP contribution in [0.25, 0.3) is 0 Å². The van der Waals surface area contributed by atoms with Gasteiger partial charge in [0.05, 0.1) is 5.56 Å². The molecule has 0 amide bonds. The third-order valence-electron chi connectivity index (χ3n) is 4.53. The summed E-state index contributed by atoms with van der Waals surface area (Å²) in [5, 5.41) is 9.29. The van der Waals surface area contributed by atoms with E-state index in [0.29, 0.717) is 11.6 Å². The Kier molecular flexibility index (Phi) is 4.89. The highest BCUT2D eigenvalue weighted by molar-refractivity contribution is 5.53. The zero-order chi connectivity index (χ0) is 16.1. The lowest BCUT2D eigenvalue weighted by Gasteiger charge is -2.26. The third kappa shape index (κ3) is 3.69. The van der Waals surface area contributed by atoms with Crippen molar-refractivity contribution in [2.24, 2.45) is 0 Å². The molecule has 1 aliphatic rings. The number of anilines is 1. The molecule has 1 saturated heterocycles. The maximum absolute atomic E-state index is 9.29. The van der Waals surface area contributed by atoms with Gasteiger partial charge in [-0.25, -0.2) is 4.98 Å². The Morgan fingerprint density at radius 1 is 1.13 bits per heavy atom. The van der Waals surface area contributed by atoms with E-state index >= 15 is 0 Å². The number of rotatable bonds is 3. The van der Waals surface area contributed by atoms with Crippen molar-refractivity contribution in [2.75, 3.05) is 24.5 Å². The molecule has 0 N–H and O–H groups in total. The van der Waals surface area contributed by atoms with Gasteiger partial charge in [-0.05, 0) is 31.0 Å². The predicted octanol–water partition coefficient (Wildman–Crippen LogP) is 3.05. The summed E-state index contributed by atoms with van der Waals surface area (Å²) in [6.07, 6.45) is 2.85. The van der Waals surface area contributed by atoms with Crippen molar-refractivity contribution in [2.45, 2.75) is 25.9 Å². The lowest BCUT2D eigenvalue weighted by Crippen LogP contribution is -2.34. The average molecular weight is 306 g/mol. The van der Waals surface area contributed by atoms with Gasteiger partial charge in [0.25, 0.3) is 0 Å². The van der Waals surface area contributed by atoms with Crippen LogP contribution in [0.1, 0.15) is 24.5 Å². The van der Waals surface area contributed by atoms with E-state index in [1.807, 2.05) is 12.1 Å². The van der Waals surface area contributed by atoms with Crippen molar-refractivity contribution >= 4 is 5.82 Å². The molecule has 4 heteroatoms. The van der Waals surface area contributed by atoms with Gasteiger partial charge in [0.2, 0.25) is 0 Å². The summed E-state index contributed by atoms with van der Waals surface area (Å²) in [4.78, 5) is 9.20. The first-order valence-electron chi connectivity index (χ1n) is 8.16. The Morgan fingerprint density at radius 3 is 2.74 bits per heavy atom. The van der Waals surface area contributed by atoms with E-state index < -0.39 is 0 Å². The van der Waals surface area contributed by atoms with Gasteiger partial charge in [-0.3, -0.25) is 4.90 Å². The van der Waals surface area contributed by atoms with Crippen LogP contribution in [0.2, 0.25) is 0 Å². The fourth-order valence-electron chi connectivity index (χ4n) is 3.11. The molecular weight excluding hydrogens is 284 g/mol. The minimum atomic E-state index is 0.523. The minimum absolute atomic E-state index is 0.523. The SMILES string of the molecule is CC1CCN(c2ncccc2C#N)CCN1Cc1ccccc1. The second-order valence-electron chi connectivity index (χ2n) is 6.07. The highest BCUT2D eigenvalue weighted by atomic mass is 15.3. The van der Waals surface area contributed by atoms with Gasteiger partial charge in [0.1, 0.15) is 11.9 Å². The zero-order valence-electron chi connectivity index (χ0n) is 13.5. The zero-order valence-corrected chi connectivity index (χ0v) is 13.5. The van der Waals surface area contributed by atoms with E-state index in [4.69, 9.17) is 0 Å². The number of hydrogen-bond acceptors (Lipinski definition) is 4. The molecule has 0 aliphatic carbocycles. The second kappa shape index (κ2) is 7.26.